The van der Waals surface area contributed by atoms with Crippen LogP contribution in [-0.4, -0.2) is 18.0 Å². The third-order valence-corrected chi connectivity index (χ3v) is 2.86. The van der Waals surface area contributed by atoms with Crippen molar-refractivity contribution in [3.8, 4) is 0 Å². The van der Waals surface area contributed by atoms with E-state index in [1.807, 2.05) is 6.07 Å². The van der Waals surface area contributed by atoms with Crippen LogP contribution in [0.4, 0.5) is 0 Å². The molecular weight excluding hydrogens is 177 g/mol. The van der Waals surface area contributed by atoms with E-state index in [2.05, 4.69) is 30.0 Å². The van der Waals surface area contributed by atoms with Crippen LogP contribution in [0.1, 0.15) is 30.4 Å². The Kier molecular flexibility index (Phi) is 5.46. The van der Waals surface area contributed by atoms with E-state index < -0.39 is 0 Å². The molecule has 1 saturated heterocycles. The third-order valence-electron chi connectivity index (χ3n) is 2.86. The monoisotopic (exact) mass is 195 g/mol. The van der Waals surface area contributed by atoms with Crippen molar-refractivity contribution in [2.45, 2.75) is 32.7 Å². The Labute approximate surface area is 105 Å². The average molecular weight is 195 g/mol. The molecule has 1 heterocycles. The van der Waals surface area contributed by atoms with Crippen LogP contribution in [0.3, 0.4) is 0 Å². The summed E-state index contributed by atoms with van der Waals surface area (Å²) >= 11 is 0. The number of nitrogens with zero attached hydrogens (tertiary/aromatic N) is 1. The predicted molar refractivity (Wildman–Crippen MR) is 59.1 cm³/mol. The Morgan fingerprint density at radius 1 is 1.27 bits per heavy atom. The van der Waals surface area contributed by atoms with Crippen molar-refractivity contribution < 1.29 is 18.9 Å². The van der Waals surface area contributed by atoms with Crippen molar-refractivity contribution in [2.75, 3.05) is 13.1 Å². The number of hydrogen-bond donors (Lipinski definition) is 0. The molecule has 0 aromatic heterocycles. The van der Waals surface area contributed by atoms with Crippen LogP contribution in [0, 0.1) is 13.0 Å². The number of likely N-dealkylation sites (tertiary alicyclic amines) is 1. The van der Waals surface area contributed by atoms with Crippen LogP contribution >= 0.6 is 0 Å². The minimum Gasteiger partial charge on any atom is -0.301 e. The number of piperidine rings is 1. The number of hydrogen-bond acceptors (Lipinski definition) is 1. The largest absolute Gasteiger partial charge is 1.00 e. The fourth-order valence-corrected chi connectivity index (χ4v) is 2.09. The second kappa shape index (κ2) is 6.38. The van der Waals surface area contributed by atoms with Gasteiger partial charge in [0, 0.05) is 6.54 Å². The minimum absolute atomic E-state index is 0. The molecule has 1 aromatic carbocycles. The molecule has 2 rings (SSSR count). The molecule has 0 amide bonds. The fourth-order valence-electron chi connectivity index (χ4n) is 2.09. The summed E-state index contributed by atoms with van der Waals surface area (Å²) in [6.45, 7) is 5.76. The molecule has 2 heteroatoms. The zero-order valence-electron chi connectivity index (χ0n) is 9.92. The molecule has 0 atom stereocenters. The molecule has 0 unspecified atom stereocenters. The van der Waals surface area contributed by atoms with Gasteiger partial charge in [-0.3, -0.25) is 0 Å². The van der Waals surface area contributed by atoms with Crippen LogP contribution in [0.5, 0.6) is 0 Å². The maximum absolute atomic E-state index is 3.31. The van der Waals surface area contributed by atoms with Crippen LogP contribution < -0.4 is 18.9 Å². The molecule has 0 spiro atoms. The van der Waals surface area contributed by atoms with E-state index in [-0.39, 0.29) is 18.9 Å². The first-order valence-electron chi connectivity index (χ1n) is 5.54. The van der Waals surface area contributed by atoms with E-state index in [9.17, 15) is 0 Å². The summed E-state index contributed by atoms with van der Waals surface area (Å²) in [5.41, 5.74) is 2.68. The third kappa shape index (κ3) is 4.03. The SMILES string of the molecule is Cc1cc[c-]c(CN2CCCCC2)c1.[Li+]. The fraction of sp³-hybridized carbons (Fsp3) is 0.538. The molecular formula is C13H18LiN. The van der Waals surface area contributed by atoms with Gasteiger partial charge in [0.15, 0.2) is 0 Å². The molecule has 1 aromatic rings. The molecule has 15 heavy (non-hydrogen) atoms. The van der Waals surface area contributed by atoms with Gasteiger partial charge in [-0.2, -0.15) is 29.8 Å². The van der Waals surface area contributed by atoms with Gasteiger partial charge in [0.25, 0.3) is 0 Å². The van der Waals surface area contributed by atoms with E-state index >= 15 is 0 Å². The Morgan fingerprint density at radius 2 is 2.00 bits per heavy atom. The van der Waals surface area contributed by atoms with Crippen molar-refractivity contribution in [3.63, 3.8) is 0 Å². The topological polar surface area (TPSA) is 3.24 Å². The maximum atomic E-state index is 3.31. The Bertz CT molecular complexity index is 292. The summed E-state index contributed by atoms with van der Waals surface area (Å²) in [4.78, 5) is 2.54. The zero-order valence-corrected chi connectivity index (χ0v) is 9.92. The van der Waals surface area contributed by atoms with Gasteiger partial charge in [-0.15, -0.1) is 5.56 Å². The molecule has 0 saturated carbocycles. The molecule has 1 fully saturated rings. The normalized spacial score (nSPS) is 17.1. The predicted octanol–water partition coefficient (Wildman–Crippen LogP) is -0.215. The Hall–Kier alpha value is -0.223. The number of aryl methyl sites for hydroxylation is 1. The van der Waals surface area contributed by atoms with E-state index in [4.69, 9.17) is 0 Å². The second-order valence-corrected chi connectivity index (χ2v) is 4.23. The van der Waals surface area contributed by atoms with Gasteiger partial charge in [0.05, 0.1) is 0 Å². The van der Waals surface area contributed by atoms with Gasteiger partial charge in [-0.05, 0) is 25.9 Å². The smallest absolute Gasteiger partial charge is 0.301 e. The standard InChI is InChI=1S/C13H18N.Li/c1-12-6-5-7-13(10-12)11-14-8-3-2-4-9-14;/h5-6,10H,2-4,8-9,11H2,1H3;/q-1;+1. The molecule has 1 aliphatic rings. The first-order chi connectivity index (χ1) is 6.84. The van der Waals surface area contributed by atoms with Crippen LogP contribution in [0.2, 0.25) is 0 Å². The summed E-state index contributed by atoms with van der Waals surface area (Å²) in [5, 5.41) is 0. The summed E-state index contributed by atoms with van der Waals surface area (Å²) in [5.74, 6) is 0. The first kappa shape index (κ1) is 12.8. The van der Waals surface area contributed by atoms with E-state index in [0.29, 0.717) is 0 Å². The molecule has 76 valence electrons. The minimum atomic E-state index is 0. The molecule has 0 radical (unpaired) electrons. The Morgan fingerprint density at radius 3 is 2.67 bits per heavy atom. The van der Waals surface area contributed by atoms with E-state index in [1.54, 1.807) is 0 Å². The van der Waals surface area contributed by atoms with Crippen LogP contribution in [0.25, 0.3) is 0 Å². The first-order valence-corrected chi connectivity index (χ1v) is 5.54. The zero-order chi connectivity index (χ0) is 9.80. The summed E-state index contributed by atoms with van der Waals surface area (Å²) in [7, 11) is 0. The molecule has 1 nitrogen and oxygen atoms in total. The average Bonchev–Trinajstić information content (AvgIpc) is 2.19. The molecule has 0 bridgehead atoms. The van der Waals surface area contributed by atoms with Gasteiger partial charge < -0.3 is 4.90 Å². The molecule has 1 aliphatic heterocycles. The van der Waals surface area contributed by atoms with Crippen molar-refractivity contribution in [3.05, 3.63) is 35.4 Å². The van der Waals surface area contributed by atoms with E-state index in [1.165, 1.54) is 43.5 Å². The summed E-state index contributed by atoms with van der Waals surface area (Å²) in [6.07, 6.45) is 4.14. The van der Waals surface area contributed by atoms with Gasteiger partial charge >= 0.3 is 18.9 Å². The van der Waals surface area contributed by atoms with Gasteiger partial charge in [-0.1, -0.05) is 13.3 Å². The van der Waals surface area contributed by atoms with Gasteiger partial charge in [0.2, 0.25) is 0 Å². The van der Waals surface area contributed by atoms with E-state index in [0.717, 1.165) is 6.54 Å². The van der Waals surface area contributed by atoms with Gasteiger partial charge in [0.1, 0.15) is 0 Å². The van der Waals surface area contributed by atoms with Crippen molar-refractivity contribution in [1.82, 2.24) is 4.90 Å². The quantitative estimate of drug-likeness (QED) is 0.466. The van der Waals surface area contributed by atoms with Crippen molar-refractivity contribution in [1.29, 1.82) is 0 Å². The van der Waals surface area contributed by atoms with Gasteiger partial charge in [-0.25, -0.2) is 0 Å². The van der Waals surface area contributed by atoms with Crippen molar-refractivity contribution in [2.24, 2.45) is 0 Å². The summed E-state index contributed by atoms with van der Waals surface area (Å²) < 4.78 is 0. The molecule has 0 N–H and O–H groups in total. The maximum Gasteiger partial charge on any atom is 1.00 e. The van der Waals surface area contributed by atoms with Crippen molar-refractivity contribution >= 4 is 0 Å². The van der Waals surface area contributed by atoms with Crippen LogP contribution in [0.15, 0.2) is 18.2 Å². The summed E-state index contributed by atoms with van der Waals surface area (Å²) in [6, 6.07) is 9.71. The second-order valence-electron chi connectivity index (χ2n) is 4.23. The number of rotatable bonds is 2. The number of benzene rings is 1. The Balaban J connectivity index is 0.00000112. The molecule has 0 aliphatic carbocycles. The van der Waals surface area contributed by atoms with Crippen LogP contribution in [-0.2, 0) is 6.54 Å².